The molecule has 0 aliphatic rings. The number of carbonyl (C=O) groups is 1. The topological polar surface area (TPSA) is 101 Å². The molecule has 0 fully saturated rings. The van der Waals surface area contributed by atoms with Gasteiger partial charge in [-0.25, -0.2) is 13.4 Å². The summed E-state index contributed by atoms with van der Waals surface area (Å²) in [4.78, 5) is 17.5. The summed E-state index contributed by atoms with van der Waals surface area (Å²) >= 11 is 1.47. The number of aromatic nitrogens is 1. The van der Waals surface area contributed by atoms with Gasteiger partial charge in [-0.1, -0.05) is 17.7 Å². The molecule has 2 N–H and O–H groups in total. The van der Waals surface area contributed by atoms with Gasteiger partial charge in [0.1, 0.15) is 5.75 Å². The molecule has 0 atom stereocenters. The number of rotatable bonds is 8. The van der Waals surface area contributed by atoms with Crippen LogP contribution in [0.15, 0.2) is 40.6 Å². The molecule has 33 heavy (non-hydrogen) atoms. The van der Waals surface area contributed by atoms with Crippen molar-refractivity contribution in [2.75, 3.05) is 38.4 Å². The van der Waals surface area contributed by atoms with E-state index < -0.39 is 15.9 Å². The Kier molecular flexibility index (Phi) is 7.41. The third-order valence-corrected chi connectivity index (χ3v) is 8.10. The Bertz CT molecular complexity index is 1260. The molecule has 1 heterocycles. The van der Waals surface area contributed by atoms with Gasteiger partial charge in [0.05, 0.1) is 29.9 Å². The lowest BCUT2D eigenvalue weighted by atomic mass is 10.1. The summed E-state index contributed by atoms with van der Waals surface area (Å²) in [5.74, 6) is -0.0139. The van der Waals surface area contributed by atoms with E-state index >= 15 is 0 Å². The molecule has 3 aromatic rings. The number of nitrogens with zero attached hydrogens (tertiary/aromatic N) is 2. The first kappa shape index (κ1) is 24.7. The first-order valence-corrected chi connectivity index (χ1v) is 12.5. The SMILES string of the molecule is CNc1nc(-c2ccc(OC)c(NC(=O)CN(C)S(=O)(=O)c3c(C)cc(C)cc3C)c2)cs1. The van der Waals surface area contributed by atoms with Crippen LogP contribution in [0.25, 0.3) is 11.3 Å². The molecule has 10 heteroatoms. The van der Waals surface area contributed by atoms with Crippen molar-refractivity contribution in [2.24, 2.45) is 0 Å². The van der Waals surface area contributed by atoms with Crippen molar-refractivity contribution in [3.63, 3.8) is 0 Å². The minimum atomic E-state index is -3.85. The summed E-state index contributed by atoms with van der Waals surface area (Å²) in [7, 11) is 0.857. The van der Waals surface area contributed by atoms with Crippen LogP contribution in [0.3, 0.4) is 0 Å². The summed E-state index contributed by atoms with van der Waals surface area (Å²) in [6.07, 6.45) is 0. The molecule has 2 aromatic carbocycles. The van der Waals surface area contributed by atoms with Gasteiger partial charge in [-0.05, 0) is 50.1 Å². The Morgan fingerprint density at radius 1 is 1.15 bits per heavy atom. The number of ether oxygens (including phenoxy) is 1. The summed E-state index contributed by atoms with van der Waals surface area (Å²) in [6.45, 7) is 5.09. The molecule has 3 rings (SSSR count). The highest BCUT2D eigenvalue weighted by molar-refractivity contribution is 7.89. The summed E-state index contributed by atoms with van der Waals surface area (Å²) in [5, 5.41) is 8.46. The van der Waals surface area contributed by atoms with Crippen molar-refractivity contribution < 1.29 is 17.9 Å². The third-order valence-electron chi connectivity index (χ3n) is 5.13. The molecule has 176 valence electrons. The number of hydrogen-bond acceptors (Lipinski definition) is 7. The number of sulfonamides is 1. The fourth-order valence-corrected chi connectivity index (χ4v) is 5.90. The number of amides is 1. The molecule has 8 nitrogen and oxygen atoms in total. The number of nitrogens with one attached hydrogen (secondary N) is 2. The molecule has 0 unspecified atom stereocenters. The molecule has 1 amide bonds. The molecule has 1 aromatic heterocycles. The van der Waals surface area contributed by atoms with Crippen molar-refractivity contribution >= 4 is 38.1 Å². The van der Waals surface area contributed by atoms with Crippen molar-refractivity contribution in [3.8, 4) is 17.0 Å². The first-order valence-electron chi connectivity index (χ1n) is 10.2. The number of benzene rings is 2. The zero-order valence-corrected chi connectivity index (χ0v) is 21.1. The smallest absolute Gasteiger partial charge is 0.243 e. The molecule has 0 saturated carbocycles. The van der Waals surface area contributed by atoms with E-state index in [0.717, 1.165) is 26.3 Å². The fraction of sp³-hybridized carbons (Fsp3) is 0.304. The summed E-state index contributed by atoms with van der Waals surface area (Å²) in [6, 6.07) is 8.99. The van der Waals surface area contributed by atoms with Gasteiger partial charge >= 0.3 is 0 Å². The number of likely N-dealkylation sites (N-methyl/N-ethyl adjacent to an activating group) is 1. The molecule has 0 aliphatic carbocycles. The predicted molar refractivity (Wildman–Crippen MR) is 133 cm³/mol. The van der Waals surface area contributed by atoms with Gasteiger partial charge in [0.2, 0.25) is 15.9 Å². The quantitative estimate of drug-likeness (QED) is 0.496. The highest BCUT2D eigenvalue weighted by Crippen LogP contribution is 2.32. The second-order valence-electron chi connectivity index (χ2n) is 7.74. The van der Waals surface area contributed by atoms with Gasteiger partial charge in [0, 0.05) is 25.0 Å². The highest BCUT2D eigenvalue weighted by atomic mass is 32.2. The van der Waals surface area contributed by atoms with Crippen molar-refractivity contribution in [2.45, 2.75) is 25.7 Å². The Labute approximate surface area is 198 Å². The average molecular weight is 489 g/mol. The fourth-order valence-electron chi connectivity index (χ4n) is 3.69. The minimum absolute atomic E-state index is 0.229. The second kappa shape index (κ2) is 9.90. The first-order chi connectivity index (χ1) is 15.6. The number of anilines is 2. The van der Waals surface area contributed by atoms with E-state index in [1.54, 1.807) is 33.0 Å². The van der Waals surface area contributed by atoms with Gasteiger partial charge in [0.15, 0.2) is 5.13 Å². The van der Waals surface area contributed by atoms with Gasteiger partial charge in [-0.3, -0.25) is 4.79 Å². The van der Waals surface area contributed by atoms with E-state index in [9.17, 15) is 13.2 Å². The number of hydrogen-bond donors (Lipinski definition) is 2. The Balaban J connectivity index is 1.82. The van der Waals surface area contributed by atoms with Gasteiger partial charge < -0.3 is 15.4 Å². The molecule has 0 bridgehead atoms. The van der Waals surface area contributed by atoms with Crippen molar-refractivity contribution in [1.82, 2.24) is 9.29 Å². The zero-order valence-electron chi connectivity index (χ0n) is 19.5. The number of aryl methyl sites for hydroxylation is 3. The normalized spacial score (nSPS) is 11.5. The van der Waals surface area contributed by atoms with Crippen LogP contribution in [-0.4, -0.2) is 51.4 Å². The maximum Gasteiger partial charge on any atom is 0.243 e. The molecule has 0 saturated heterocycles. The molecule has 0 aliphatic heterocycles. The molecule has 0 radical (unpaired) electrons. The summed E-state index contributed by atoms with van der Waals surface area (Å²) in [5.41, 5.74) is 4.28. The molecular formula is C23H28N4O4S2. The third kappa shape index (κ3) is 5.35. The lowest BCUT2D eigenvalue weighted by molar-refractivity contribution is -0.116. The number of methoxy groups -OCH3 is 1. The van der Waals surface area contributed by atoms with Crippen LogP contribution in [0.2, 0.25) is 0 Å². The number of carbonyl (C=O) groups excluding carboxylic acids is 1. The zero-order chi connectivity index (χ0) is 24.3. The van der Waals surface area contributed by atoms with Gasteiger partial charge in [-0.15, -0.1) is 11.3 Å². The Morgan fingerprint density at radius 3 is 2.39 bits per heavy atom. The summed E-state index contributed by atoms with van der Waals surface area (Å²) < 4.78 is 32.8. The van der Waals surface area contributed by atoms with E-state index in [2.05, 4.69) is 15.6 Å². The predicted octanol–water partition coefficient (Wildman–Crippen LogP) is 4.04. The standard InChI is InChI=1S/C23H28N4O4S2/c1-14-9-15(2)22(16(3)10-14)33(29,30)27(5)12-21(28)25-18-11-17(7-8-20(18)31-6)19-13-32-23(24-4)26-19/h7-11,13H,12H2,1-6H3,(H,24,26)(H,25,28). The monoisotopic (exact) mass is 488 g/mol. The van der Waals surface area contributed by atoms with E-state index in [1.807, 2.05) is 30.5 Å². The Morgan fingerprint density at radius 2 is 1.82 bits per heavy atom. The van der Waals surface area contributed by atoms with Crippen LogP contribution < -0.4 is 15.4 Å². The van der Waals surface area contributed by atoms with Crippen LogP contribution in [0.5, 0.6) is 5.75 Å². The highest BCUT2D eigenvalue weighted by Gasteiger charge is 2.27. The van der Waals surface area contributed by atoms with E-state index in [-0.39, 0.29) is 11.4 Å². The lowest BCUT2D eigenvalue weighted by Crippen LogP contribution is -2.35. The molecule has 0 spiro atoms. The maximum atomic E-state index is 13.2. The van der Waals surface area contributed by atoms with Gasteiger partial charge in [0.25, 0.3) is 0 Å². The van der Waals surface area contributed by atoms with E-state index in [4.69, 9.17) is 4.74 Å². The van der Waals surface area contributed by atoms with Crippen LogP contribution in [-0.2, 0) is 14.8 Å². The largest absolute Gasteiger partial charge is 0.495 e. The maximum absolute atomic E-state index is 13.2. The van der Waals surface area contributed by atoms with E-state index in [0.29, 0.717) is 22.6 Å². The van der Waals surface area contributed by atoms with Gasteiger partial charge in [-0.2, -0.15) is 4.31 Å². The Hall–Kier alpha value is -2.95. The van der Waals surface area contributed by atoms with Crippen LogP contribution in [0.1, 0.15) is 16.7 Å². The number of thiazole rings is 1. The van der Waals surface area contributed by atoms with E-state index in [1.165, 1.54) is 25.5 Å². The molecular weight excluding hydrogens is 460 g/mol. The lowest BCUT2D eigenvalue weighted by Gasteiger charge is -2.20. The van der Waals surface area contributed by atoms with Crippen LogP contribution in [0.4, 0.5) is 10.8 Å². The van der Waals surface area contributed by atoms with Crippen molar-refractivity contribution in [1.29, 1.82) is 0 Å². The van der Waals surface area contributed by atoms with Crippen LogP contribution >= 0.6 is 11.3 Å². The average Bonchev–Trinajstić information content (AvgIpc) is 3.22. The minimum Gasteiger partial charge on any atom is -0.495 e. The van der Waals surface area contributed by atoms with Crippen molar-refractivity contribution in [3.05, 3.63) is 52.4 Å². The second-order valence-corrected chi connectivity index (χ2v) is 10.6. The van der Waals surface area contributed by atoms with Crippen LogP contribution in [0, 0.1) is 20.8 Å².